The van der Waals surface area contributed by atoms with Crippen LogP contribution in [0.5, 0.6) is 0 Å². The fourth-order valence-electron chi connectivity index (χ4n) is 2.22. The van der Waals surface area contributed by atoms with Gasteiger partial charge >= 0.3 is 0 Å². The number of hydrogen-bond acceptors (Lipinski definition) is 3. The third-order valence-electron chi connectivity index (χ3n) is 3.41. The monoisotopic (exact) mass is 324 g/mol. The van der Waals surface area contributed by atoms with Crippen LogP contribution in [0.15, 0.2) is 18.2 Å². The second-order valence-corrected chi connectivity index (χ2v) is 5.39. The van der Waals surface area contributed by atoms with E-state index >= 15 is 0 Å². The highest BCUT2D eigenvalue weighted by Crippen LogP contribution is 2.28. The van der Waals surface area contributed by atoms with Gasteiger partial charge in [-0.1, -0.05) is 29.3 Å². The molecule has 19 heavy (non-hydrogen) atoms. The van der Waals surface area contributed by atoms with Crippen LogP contribution < -0.4 is 5.73 Å². The Balaban J connectivity index is 0.00000180. The largest absolute Gasteiger partial charge is 0.374 e. The van der Waals surface area contributed by atoms with Gasteiger partial charge in [0.15, 0.2) is 0 Å². The van der Waals surface area contributed by atoms with Crippen molar-refractivity contribution in [2.75, 3.05) is 26.2 Å². The lowest BCUT2D eigenvalue weighted by atomic mass is 10.1. The van der Waals surface area contributed by atoms with Gasteiger partial charge in [0.05, 0.1) is 22.8 Å². The Morgan fingerprint density at radius 1 is 1.42 bits per heavy atom. The van der Waals surface area contributed by atoms with E-state index in [0.29, 0.717) is 16.6 Å². The van der Waals surface area contributed by atoms with Gasteiger partial charge in [0.25, 0.3) is 0 Å². The summed E-state index contributed by atoms with van der Waals surface area (Å²) < 4.78 is 5.57. The number of nitrogens with zero attached hydrogens (tertiary/aromatic N) is 1. The van der Waals surface area contributed by atoms with Crippen molar-refractivity contribution in [3.63, 3.8) is 0 Å². The first-order valence-corrected chi connectivity index (χ1v) is 6.88. The van der Waals surface area contributed by atoms with Crippen molar-refractivity contribution < 1.29 is 4.74 Å². The Bertz CT molecular complexity index is 417. The minimum absolute atomic E-state index is 0. The Morgan fingerprint density at radius 3 is 2.79 bits per heavy atom. The van der Waals surface area contributed by atoms with E-state index in [1.54, 1.807) is 0 Å². The van der Waals surface area contributed by atoms with Gasteiger partial charge in [-0.25, -0.2) is 0 Å². The first-order valence-electron chi connectivity index (χ1n) is 6.12. The first-order chi connectivity index (χ1) is 8.61. The SMILES string of the molecule is CC(c1ccc(Cl)c(Cl)c1)N1CCOC(CN)C1.Cl. The molecule has 0 saturated carbocycles. The molecule has 1 aromatic rings. The number of ether oxygens (including phenoxy) is 1. The molecule has 1 aromatic carbocycles. The smallest absolute Gasteiger partial charge is 0.0824 e. The first kappa shape index (κ1) is 17.0. The molecule has 2 rings (SSSR count). The standard InChI is InChI=1S/C13H18Cl2N2O.ClH/c1-9(10-2-3-12(14)13(15)6-10)17-4-5-18-11(7-16)8-17;/h2-3,6,9,11H,4-5,7-8,16H2,1H3;1H. The summed E-state index contributed by atoms with van der Waals surface area (Å²) in [4.78, 5) is 2.36. The molecule has 1 saturated heterocycles. The molecule has 2 atom stereocenters. The van der Waals surface area contributed by atoms with Crippen LogP contribution in [0.2, 0.25) is 10.0 Å². The van der Waals surface area contributed by atoms with Gasteiger partial charge in [0.2, 0.25) is 0 Å². The zero-order valence-electron chi connectivity index (χ0n) is 10.8. The van der Waals surface area contributed by atoms with Crippen LogP contribution in [-0.4, -0.2) is 37.2 Å². The average Bonchev–Trinajstić information content (AvgIpc) is 2.41. The number of morpholine rings is 1. The quantitative estimate of drug-likeness (QED) is 0.928. The maximum Gasteiger partial charge on any atom is 0.0824 e. The molecule has 108 valence electrons. The van der Waals surface area contributed by atoms with Gasteiger partial charge in [0, 0.05) is 25.7 Å². The lowest BCUT2D eigenvalue weighted by Gasteiger charge is -2.36. The minimum atomic E-state index is 0. The summed E-state index contributed by atoms with van der Waals surface area (Å²) in [5, 5.41) is 1.19. The van der Waals surface area contributed by atoms with Crippen molar-refractivity contribution >= 4 is 35.6 Å². The van der Waals surface area contributed by atoms with E-state index in [1.165, 1.54) is 5.56 Å². The second kappa shape index (κ2) is 7.67. The van der Waals surface area contributed by atoms with Crippen LogP contribution in [0.4, 0.5) is 0 Å². The van der Waals surface area contributed by atoms with E-state index < -0.39 is 0 Å². The summed E-state index contributed by atoms with van der Waals surface area (Å²) in [6.07, 6.45) is 0.129. The molecule has 1 aliphatic heterocycles. The van der Waals surface area contributed by atoms with E-state index in [0.717, 1.165) is 19.7 Å². The minimum Gasteiger partial charge on any atom is -0.374 e. The van der Waals surface area contributed by atoms with Crippen LogP contribution >= 0.6 is 35.6 Å². The zero-order chi connectivity index (χ0) is 13.1. The van der Waals surface area contributed by atoms with E-state index in [-0.39, 0.29) is 24.6 Å². The molecule has 0 spiro atoms. The summed E-state index contributed by atoms with van der Waals surface area (Å²) in [6, 6.07) is 6.09. The number of rotatable bonds is 3. The van der Waals surface area contributed by atoms with Crippen LogP contribution in [0.3, 0.4) is 0 Å². The second-order valence-electron chi connectivity index (χ2n) is 4.57. The Labute approximate surface area is 130 Å². The predicted octanol–water partition coefficient (Wildman–Crippen LogP) is 3.14. The lowest BCUT2D eigenvalue weighted by molar-refractivity contribution is -0.0364. The van der Waals surface area contributed by atoms with E-state index in [1.807, 2.05) is 18.2 Å². The van der Waals surface area contributed by atoms with Gasteiger partial charge < -0.3 is 10.5 Å². The fraction of sp³-hybridized carbons (Fsp3) is 0.538. The van der Waals surface area contributed by atoms with Crippen LogP contribution in [-0.2, 0) is 4.74 Å². The highest BCUT2D eigenvalue weighted by atomic mass is 35.5. The molecule has 2 unspecified atom stereocenters. The molecule has 1 heterocycles. The van der Waals surface area contributed by atoms with Gasteiger partial charge in [-0.05, 0) is 24.6 Å². The van der Waals surface area contributed by atoms with E-state index in [9.17, 15) is 0 Å². The van der Waals surface area contributed by atoms with Crippen molar-refractivity contribution in [2.24, 2.45) is 5.73 Å². The zero-order valence-corrected chi connectivity index (χ0v) is 13.1. The van der Waals surface area contributed by atoms with Gasteiger partial charge in [-0.2, -0.15) is 0 Å². The van der Waals surface area contributed by atoms with Gasteiger partial charge in [-0.3, -0.25) is 4.90 Å². The summed E-state index contributed by atoms with van der Waals surface area (Å²) in [5.41, 5.74) is 6.83. The normalized spacial score (nSPS) is 21.8. The Hall–Kier alpha value is -0.0300. The molecule has 0 aliphatic carbocycles. The fourth-order valence-corrected chi connectivity index (χ4v) is 2.53. The van der Waals surface area contributed by atoms with Crippen molar-refractivity contribution in [3.05, 3.63) is 33.8 Å². The summed E-state index contributed by atoms with van der Waals surface area (Å²) in [5.74, 6) is 0. The summed E-state index contributed by atoms with van der Waals surface area (Å²) >= 11 is 12.0. The van der Waals surface area contributed by atoms with Crippen LogP contribution in [0.1, 0.15) is 18.5 Å². The highest BCUT2D eigenvalue weighted by Gasteiger charge is 2.24. The van der Waals surface area contributed by atoms with Crippen molar-refractivity contribution in [1.82, 2.24) is 4.90 Å². The maximum atomic E-state index is 6.06. The maximum absolute atomic E-state index is 6.06. The van der Waals surface area contributed by atoms with Crippen LogP contribution in [0, 0.1) is 0 Å². The Morgan fingerprint density at radius 2 is 2.16 bits per heavy atom. The molecular weight excluding hydrogens is 307 g/mol. The number of benzene rings is 1. The third-order valence-corrected chi connectivity index (χ3v) is 4.15. The molecule has 2 N–H and O–H groups in total. The number of hydrogen-bond donors (Lipinski definition) is 1. The average molecular weight is 326 g/mol. The predicted molar refractivity (Wildman–Crippen MR) is 82.5 cm³/mol. The van der Waals surface area contributed by atoms with Crippen molar-refractivity contribution in [2.45, 2.75) is 19.1 Å². The molecule has 1 aliphatic rings. The lowest BCUT2D eigenvalue weighted by Crippen LogP contribution is -2.46. The molecule has 1 fully saturated rings. The molecule has 6 heteroatoms. The highest BCUT2D eigenvalue weighted by molar-refractivity contribution is 6.42. The van der Waals surface area contributed by atoms with E-state index in [4.69, 9.17) is 33.7 Å². The van der Waals surface area contributed by atoms with Gasteiger partial charge in [0.1, 0.15) is 0 Å². The number of halogens is 3. The van der Waals surface area contributed by atoms with E-state index in [2.05, 4.69) is 11.8 Å². The topological polar surface area (TPSA) is 38.5 Å². The molecule has 0 radical (unpaired) electrons. The molecule has 0 amide bonds. The molecular formula is C13H19Cl3N2O. The van der Waals surface area contributed by atoms with Crippen molar-refractivity contribution in [3.8, 4) is 0 Å². The number of nitrogens with two attached hydrogens (primary N) is 1. The summed E-state index contributed by atoms with van der Waals surface area (Å²) in [7, 11) is 0. The molecule has 0 aromatic heterocycles. The Kier molecular flexibility index (Phi) is 6.87. The van der Waals surface area contributed by atoms with Gasteiger partial charge in [-0.15, -0.1) is 12.4 Å². The molecule has 0 bridgehead atoms. The van der Waals surface area contributed by atoms with Crippen LogP contribution in [0.25, 0.3) is 0 Å². The molecule has 3 nitrogen and oxygen atoms in total. The van der Waals surface area contributed by atoms with Crippen molar-refractivity contribution in [1.29, 1.82) is 0 Å². The third kappa shape index (κ3) is 4.22. The summed E-state index contributed by atoms with van der Waals surface area (Å²) in [6.45, 7) is 5.23.